The van der Waals surface area contributed by atoms with Gasteiger partial charge < -0.3 is 15.8 Å². The van der Waals surface area contributed by atoms with Crippen LogP contribution in [-0.2, 0) is 12.0 Å². The molecule has 8 aromatic rings. The van der Waals surface area contributed by atoms with Gasteiger partial charge in [0, 0.05) is 16.7 Å². The molecule has 0 saturated carbocycles. The lowest BCUT2D eigenvalue weighted by Gasteiger charge is -2.39. The zero-order valence-corrected chi connectivity index (χ0v) is 30.8. The molecule has 8 aromatic carbocycles. The van der Waals surface area contributed by atoms with E-state index in [2.05, 4.69) is 181 Å². The Morgan fingerprint density at radius 1 is 0.500 bits per heavy atom. The molecule has 268 valence electrons. The summed E-state index contributed by atoms with van der Waals surface area (Å²) in [7, 11) is 0. The summed E-state index contributed by atoms with van der Waals surface area (Å²) in [6.45, 7) is 0.544. The average Bonchev–Trinajstić information content (AvgIpc) is 3.56. The Balaban J connectivity index is 0.968. The second-order valence-corrected chi connectivity index (χ2v) is 14.5. The molecule has 0 fully saturated rings. The summed E-state index contributed by atoms with van der Waals surface area (Å²) in [5, 5.41) is 3.55. The molecule has 0 bridgehead atoms. The van der Waals surface area contributed by atoms with Crippen molar-refractivity contribution >= 4 is 5.84 Å². The minimum Gasteiger partial charge on any atom is -0.457 e. The van der Waals surface area contributed by atoms with Crippen LogP contribution in [0.3, 0.4) is 0 Å². The summed E-state index contributed by atoms with van der Waals surface area (Å²) in [6.07, 6.45) is -0.465. The van der Waals surface area contributed by atoms with Crippen LogP contribution in [0.4, 0.5) is 0 Å². The van der Waals surface area contributed by atoms with Gasteiger partial charge in [-0.3, -0.25) is 4.99 Å². The Morgan fingerprint density at radius 2 is 1.02 bits per heavy atom. The minimum absolute atomic E-state index is 0.465. The molecule has 1 aliphatic carbocycles. The van der Waals surface area contributed by atoms with E-state index in [0.29, 0.717) is 6.54 Å². The van der Waals surface area contributed by atoms with E-state index in [0.717, 1.165) is 50.7 Å². The molecule has 1 unspecified atom stereocenters. The van der Waals surface area contributed by atoms with Crippen molar-refractivity contribution in [1.82, 2.24) is 5.32 Å². The molecule has 4 nitrogen and oxygen atoms in total. The average molecular weight is 722 g/mol. The van der Waals surface area contributed by atoms with Gasteiger partial charge in [0.2, 0.25) is 0 Å². The van der Waals surface area contributed by atoms with E-state index in [9.17, 15) is 0 Å². The van der Waals surface area contributed by atoms with Crippen molar-refractivity contribution < 1.29 is 4.74 Å². The maximum absolute atomic E-state index is 6.89. The fourth-order valence-corrected chi connectivity index (χ4v) is 8.58. The lowest BCUT2D eigenvalue weighted by molar-refractivity contribution is 0.436. The van der Waals surface area contributed by atoms with Gasteiger partial charge in [0.1, 0.15) is 23.5 Å². The highest BCUT2D eigenvalue weighted by Crippen LogP contribution is 2.62. The summed E-state index contributed by atoms with van der Waals surface area (Å²) >= 11 is 0. The monoisotopic (exact) mass is 721 g/mol. The van der Waals surface area contributed by atoms with Crippen molar-refractivity contribution in [3.8, 4) is 44.9 Å². The molecule has 1 spiro atoms. The zero-order chi connectivity index (χ0) is 37.5. The van der Waals surface area contributed by atoms with Gasteiger partial charge in [0.05, 0.1) is 12.0 Å². The first-order valence-corrected chi connectivity index (χ1v) is 19.1. The fraction of sp³-hybridized carbons (Fsp3) is 0.0577. The van der Waals surface area contributed by atoms with Gasteiger partial charge in [-0.05, 0) is 73.8 Å². The van der Waals surface area contributed by atoms with Crippen molar-refractivity contribution in [2.45, 2.75) is 18.1 Å². The van der Waals surface area contributed by atoms with E-state index in [-0.39, 0.29) is 0 Å². The van der Waals surface area contributed by atoms with Gasteiger partial charge in [-0.25, -0.2) is 0 Å². The van der Waals surface area contributed by atoms with Gasteiger partial charge in [0.25, 0.3) is 0 Å². The lowest BCUT2D eigenvalue weighted by atomic mass is 9.66. The second kappa shape index (κ2) is 14.0. The number of rotatable bonds is 7. The first kappa shape index (κ1) is 33.6. The van der Waals surface area contributed by atoms with Crippen LogP contribution in [0.1, 0.15) is 45.1 Å². The van der Waals surface area contributed by atoms with Crippen LogP contribution in [0.25, 0.3) is 33.4 Å². The van der Waals surface area contributed by atoms with Crippen LogP contribution < -0.4 is 15.8 Å². The van der Waals surface area contributed by atoms with Crippen LogP contribution in [0.2, 0.25) is 0 Å². The minimum atomic E-state index is -0.472. The first-order valence-electron chi connectivity index (χ1n) is 19.1. The number of hydrogen-bond donors (Lipinski definition) is 2. The highest BCUT2D eigenvalue weighted by Gasteiger charge is 2.50. The van der Waals surface area contributed by atoms with Gasteiger partial charge in [-0.1, -0.05) is 182 Å². The van der Waals surface area contributed by atoms with Gasteiger partial charge in [-0.15, -0.1) is 0 Å². The fourth-order valence-electron chi connectivity index (χ4n) is 8.58. The highest BCUT2D eigenvalue weighted by molar-refractivity contribution is 5.99. The van der Waals surface area contributed by atoms with Gasteiger partial charge in [-0.2, -0.15) is 0 Å². The molecule has 1 aliphatic heterocycles. The molecular formula is C52H39N3O. The van der Waals surface area contributed by atoms with Crippen molar-refractivity contribution in [3.05, 3.63) is 239 Å². The number of nitrogens with zero attached hydrogens (tertiary/aromatic N) is 1. The number of aliphatic imine (C=N–C) groups is 1. The van der Waals surface area contributed by atoms with E-state index >= 15 is 0 Å². The second-order valence-electron chi connectivity index (χ2n) is 14.5. The number of amidine groups is 1. The number of fused-ring (bicyclic) bond motifs is 9. The molecule has 3 N–H and O–H groups in total. The van der Waals surface area contributed by atoms with E-state index in [1.54, 1.807) is 0 Å². The third-order valence-corrected chi connectivity index (χ3v) is 11.3. The maximum Gasteiger partial charge on any atom is 0.132 e. The molecule has 2 aliphatic rings. The Hall–Kier alpha value is -7.01. The van der Waals surface area contributed by atoms with E-state index in [1.807, 2.05) is 24.3 Å². The Kier molecular flexibility index (Phi) is 8.39. The van der Waals surface area contributed by atoms with Crippen LogP contribution in [-0.4, -0.2) is 5.84 Å². The Bertz CT molecular complexity index is 2670. The van der Waals surface area contributed by atoms with E-state index in [1.165, 1.54) is 38.9 Å². The summed E-state index contributed by atoms with van der Waals surface area (Å²) in [4.78, 5) is 5.03. The van der Waals surface area contributed by atoms with Gasteiger partial charge in [0.15, 0.2) is 0 Å². The molecule has 0 radical (unpaired) electrons. The predicted molar refractivity (Wildman–Crippen MR) is 228 cm³/mol. The summed E-state index contributed by atoms with van der Waals surface area (Å²) in [6, 6.07) is 70.5. The van der Waals surface area contributed by atoms with Crippen molar-refractivity contribution in [3.63, 3.8) is 0 Å². The van der Waals surface area contributed by atoms with E-state index < -0.39 is 11.6 Å². The Morgan fingerprint density at radius 3 is 1.71 bits per heavy atom. The predicted octanol–water partition coefficient (Wildman–Crippen LogP) is 11.7. The number of hydrogen-bond acceptors (Lipinski definition) is 3. The smallest absolute Gasteiger partial charge is 0.132 e. The third kappa shape index (κ3) is 5.70. The lowest BCUT2D eigenvalue weighted by Crippen LogP contribution is -2.34. The van der Waals surface area contributed by atoms with Crippen LogP contribution in [0.15, 0.2) is 205 Å². The molecule has 10 rings (SSSR count). The number of ether oxygens (including phenoxy) is 1. The number of benzene rings is 8. The maximum atomic E-state index is 6.89. The zero-order valence-electron chi connectivity index (χ0n) is 30.8. The largest absolute Gasteiger partial charge is 0.457 e. The molecule has 0 aromatic heterocycles. The number of nitrogens with one attached hydrogen (secondary N) is 1. The molecule has 0 amide bonds. The standard InChI is InChI=1S/C52H39N3O/c53-50(55-51(54-34-35-13-3-1-4-14-35)40-29-25-37(26-30-40)36-15-5-2-6-16-36)39-27-23-38(24-28-39)41-31-32-45-43(33-41)42-17-7-8-18-44(42)52(45)46-19-9-11-21-48(46)56-49-22-12-10-20-47(49)52/h1-33,50H,34,53H2,(H,54,55). The summed E-state index contributed by atoms with van der Waals surface area (Å²) in [5.74, 6) is 2.55. The molecule has 0 saturated heterocycles. The number of para-hydroxylation sites is 2. The van der Waals surface area contributed by atoms with E-state index in [4.69, 9.17) is 15.5 Å². The molecule has 1 heterocycles. The molecule has 1 atom stereocenters. The highest BCUT2D eigenvalue weighted by atomic mass is 16.5. The van der Waals surface area contributed by atoms with Crippen LogP contribution in [0, 0.1) is 0 Å². The first-order chi connectivity index (χ1) is 27.7. The molecule has 56 heavy (non-hydrogen) atoms. The van der Waals surface area contributed by atoms with Crippen LogP contribution in [0.5, 0.6) is 11.5 Å². The molecule has 4 heteroatoms. The quantitative estimate of drug-likeness (QED) is 0.0978. The number of nitrogens with two attached hydrogens (primary N) is 1. The summed E-state index contributed by atoms with van der Waals surface area (Å²) in [5.41, 5.74) is 21.5. The molecular weight excluding hydrogens is 683 g/mol. The van der Waals surface area contributed by atoms with Crippen LogP contribution >= 0.6 is 0 Å². The third-order valence-electron chi connectivity index (χ3n) is 11.3. The topological polar surface area (TPSA) is 59.6 Å². The van der Waals surface area contributed by atoms with Gasteiger partial charge >= 0.3 is 0 Å². The Labute approximate surface area is 327 Å². The van der Waals surface area contributed by atoms with Crippen molar-refractivity contribution in [2.24, 2.45) is 10.7 Å². The van der Waals surface area contributed by atoms with Crippen molar-refractivity contribution in [2.75, 3.05) is 0 Å². The van der Waals surface area contributed by atoms with Crippen molar-refractivity contribution in [1.29, 1.82) is 0 Å². The normalized spacial score (nSPS) is 13.8. The summed E-state index contributed by atoms with van der Waals surface area (Å²) < 4.78 is 6.50. The SMILES string of the molecule is NC(NC(=NCc1ccccc1)c1ccc(-c2ccccc2)cc1)c1ccc(-c2ccc3c(c2)-c2ccccc2C32c3ccccc3Oc3ccccc32)cc1.